The molecule has 3 amide bonds. The van der Waals surface area contributed by atoms with Crippen LogP contribution >= 0.6 is 0 Å². The number of fused-ring (bicyclic) bond motifs is 2. The largest absolute Gasteiger partial charge is 0.483 e. The second kappa shape index (κ2) is 15.0. The standard InChI is InChI=1S/C36H41N13O6/c1-5-48-26(11-19(3)44-48)33(52)42-35-40-24-13-21(30(37)50)15-28(55-23-17-54-18-23)29(24)46(35)9-7-8-10-47-32-25(14-22(16-39-32)31(38)51)41-36(47)43-34(53)27-12-20(4)45-49(27)6-2/h7-8,11-16,23,33,52H,5-6,9-10,17-18H2,1-4H3,(H2,37,50)(H2,38,51)(H,40,42)(H,41,43,53)/b8-7+. The zero-order valence-electron chi connectivity index (χ0n) is 30.7. The lowest BCUT2D eigenvalue weighted by atomic mass is 10.1. The summed E-state index contributed by atoms with van der Waals surface area (Å²) in [5.74, 6) is -0.877. The third-order valence-electron chi connectivity index (χ3n) is 9.04. The number of nitrogens with two attached hydrogens (primary N) is 2. The SMILES string of the molecule is CCn1nc(C)cc1C(=O)Nc1nc2cc(C(N)=O)cnc2n1C/C=C/Cn1c(NC(O)c2cc(C)nn2CC)nc2cc(C(N)=O)cc(OC3COC3)c21. The maximum Gasteiger partial charge on any atom is 0.276 e. The molecule has 0 bridgehead atoms. The highest BCUT2D eigenvalue weighted by Gasteiger charge is 2.26. The van der Waals surface area contributed by atoms with Gasteiger partial charge in [-0.1, -0.05) is 12.2 Å². The summed E-state index contributed by atoms with van der Waals surface area (Å²) >= 11 is 0. The molecule has 1 aromatic carbocycles. The molecule has 55 heavy (non-hydrogen) atoms. The third kappa shape index (κ3) is 7.34. The van der Waals surface area contributed by atoms with Gasteiger partial charge in [0, 0.05) is 37.9 Å². The lowest BCUT2D eigenvalue weighted by molar-refractivity contribution is -0.0792. The lowest BCUT2D eigenvalue weighted by Gasteiger charge is -2.27. The molecule has 1 aliphatic rings. The Kier molecular flexibility index (Phi) is 10.0. The predicted molar refractivity (Wildman–Crippen MR) is 200 cm³/mol. The number of carbonyl (C=O) groups is 3. The maximum absolute atomic E-state index is 13.5. The summed E-state index contributed by atoms with van der Waals surface area (Å²) in [5, 5.41) is 26.2. The average molecular weight is 752 g/mol. The van der Waals surface area contributed by atoms with E-state index in [1.165, 1.54) is 12.3 Å². The van der Waals surface area contributed by atoms with Gasteiger partial charge in [-0.25, -0.2) is 15.0 Å². The van der Waals surface area contributed by atoms with E-state index < -0.39 is 23.9 Å². The Bertz CT molecular complexity index is 2470. The van der Waals surface area contributed by atoms with E-state index in [-0.39, 0.29) is 42.2 Å². The van der Waals surface area contributed by atoms with Gasteiger partial charge in [0.25, 0.3) is 5.91 Å². The molecule has 5 aromatic heterocycles. The number of anilines is 2. The number of imidazole rings is 2. The van der Waals surface area contributed by atoms with Crippen LogP contribution in [0.1, 0.15) is 68.4 Å². The van der Waals surface area contributed by atoms with Crippen molar-refractivity contribution in [2.75, 3.05) is 23.8 Å². The molecule has 286 valence electrons. The number of nitrogens with one attached hydrogen (secondary N) is 2. The highest BCUT2D eigenvalue weighted by Crippen LogP contribution is 2.33. The Morgan fingerprint density at radius 3 is 2.24 bits per heavy atom. The van der Waals surface area contributed by atoms with E-state index in [4.69, 9.17) is 25.9 Å². The van der Waals surface area contributed by atoms with Gasteiger partial charge in [0.05, 0.1) is 41.4 Å². The maximum atomic E-state index is 13.5. The predicted octanol–water partition coefficient (Wildman–Crippen LogP) is 2.42. The van der Waals surface area contributed by atoms with Crippen LogP contribution in [-0.2, 0) is 30.9 Å². The Hall–Kier alpha value is -6.60. The van der Waals surface area contributed by atoms with Gasteiger partial charge in [-0.2, -0.15) is 10.2 Å². The monoisotopic (exact) mass is 751 g/mol. The second-order valence-electron chi connectivity index (χ2n) is 13.0. The van der Waals surface area contributed by atoms with Crippen molar-refractivity contribution in [1.29, 1.82) is 0 Å². The summed E-state index contributed by atoms with van der Waals surface area (Å²) in [6.07, 6.45) is 3.64. The van der Waals surface area contributed by atoms with E-state index in [1.807, 2.05) is 37.5 Å². The quantitative estimate of drug-likeness (QED) is 0.0750. The lowest BCUT2D eigenvalue weighted by Crippen LogP contribution is -2.38. The summed E-state index contributed by atoms with van der Waals surface area (Å²) in [6.45, 7) is 9.66. The van der Waals surface area contributed by atoms with E-state index in [2.05, 4.69) is 30.8 Å². The van der Waals surface area contributed by atoms with E-state index in [0.717, 1.165) is 5.69 Å². The van der Waals surface area contributed by atoms with Crippen molar-refractivity contribution in [3.05, 3.63) is 82.6 Å². The van der Waals surface area contributed by atoms with Crippen molar-refractivity contribution < 1.29 is 29.0 Å². The molecule has 1 fully saturated rings. The van der Waals surface area contributed by atoms with Crippen molar-refractivity contribution in [3.8, 4) is 5.75 Å². The van der Waals surface area contributed by atoms with Crippen molar-refractivity contribution in [2.45, 2.75) is 66.2 Å². The summed E-state index contributed by atoms with van der Waals surface area (Å²) in [6, 6.07) is 8.14. The number of rotatable bonds is 15. The molecular weight excluding hydrogens is 710 g/mol. The normalized spacial score (nSPS) is 13.8. The van der Waals surface area contributed by atoms with Gasteiger partial charge in [0.2, 0.25) is 23.7 Å². The Morgan fingerprint density at radius 1 is 0.909 bits per heavy atom. The number of primary amides is 2. The van der Waals surface area contributed by atoms with Crippen molar-refractivity contribution in [3.63, 3.8) is 0 Å². The molecule has 7 N–H and O–H groups in total. The highest BCUT2D eigenvalue weighted by molar-refractivity contribution is 6.03. The molecule has 1 unspecified atom stereocenters. The van der Waals surface area contributed by atoms with Crippen molar-refractivity contribution in [2.24, 2.45) is 11.5 Å². The average Bonchev–Trinajstić information content (AvgIpc) is 3.90. The van der Waals surface area contributed by atoms with Crippen LogP contribution in [0.4, 0.5) is 11.9 Å². The van der Waals surface area contributed by atoms with Crippen LogP contribution in [0.25, 0.3) is 22.2 Å². The highest BCUT2D eigenvalue weighted by atomic mass is 16.6. The van der Waals surface area contributed by atoms with Gasteiger partial charge in [-0.3, -0.25) is 33.6 Å². The number of ether oxygens (including phenoxy) is 2. The fraction of sp³-hybridized carbons (Fsp3) is 0.333. The molecular formula is C36H41N13O6. The van der Waals surface area contributed by atoms with Gasteiger partial charge < -0.3 is 35.9 Å². The number of hydrogen-bond acceptors (Lipinski definition) is 12. The van der Waals surface area contributed by atoms with Crippen LogP contribution in [0.3, 0.4) is 0 Å². The minimum Gasteiger partial charge on any atom is -0.483 e. The number of allylic oxidation sites excluding steroid dienone is 2. The first-order valence-electron chi connectivity index (χ1n) is 17.7. The topological polar surface area (TPSA) is 250 Å². The number of hydrogen-bond donors (Lipinski definition) is 5. The Labute approximate surface area is 313 Å². The van der Waals surface area contributed by atoms with Gasteiger partial charge in [0.1, 0.15) is 28.6 Å². The van der Waals surface area contributed by atoms with Crippen LogP contribution in [0.15, 0.2) is 48.7 Å². The van der Waals surface area contributed by atoms with E-state index in [1.54, 1.807) is 45.1 Å². The zero-order chi connectivity index (χ0) is 39.0. The molecule has 0 spiro atoms. The second-order valence-corrected chi connectivity index (χ2v) is 13.0. The molecule has 0 aliphatic carbocycles. The van der Waals surface area contributed by atoms with Crippen molar-refractivity contribution >= 4 is 51.8 Å². The van der Waals surface area contributed by atoms with Gasteiger partial charge >= 0.3 is 0 Å². The minimum absolute atomic E-state index is 0.169. The number of aliphatic hydroxyl groups excluding tert-OH is 1. The van der Waals surface area contributed by atoms with Crippen LogP contribution in [0.5, 0.6) is 5.75 Å². The first-order valence-corrected chi connectivity index (χ1v) is 17.7. The number of aromatic nitrogens is 9. The number of benzene rings is 1. The van der Waals surface area contributed by atoms with Crippen LogP contribution in [0, 0.1) is 13.8 Å². The number of aryl methyl sites for hydroxylation is 4. The number of amides is 3. The fourth-order valence-electron chi connectivity index (χ4n) is 6.36. The van der Waals surface area contributed by atoms with Crippen molar-refractivity contribution in [1.82, 2.24) is 43.6 Å². The molecule has 1 aliphatic heterocycles. The van der Waals surface area contributed by atoms with Gasteiger partial charge in [-0.15, -0.1) is 0 Å². The first-order chi connectivity index (χ1) is 26.4. The summed E-state index contributed by atoms with van der Waals surface area (Å²) in [4.78, 5) is 51.5. The molecule has 19 heteroatoms. The molecule has 6 heterocycles. The fourth-order valence-corrected chi connectivity index (χ4v) is 6.36. The minimum atomic E-state index is -1.19. The van der Waals surface area contributed by atoms with E-state index >= 15 is 0 Å². The number of aliphatic hydroxyl groups is 1. The number of nitrogens with zero attached hydrogens (tertiary/aromatic N) is 9. The smallest absolute Gasteiger partial charge is 0.276 e. The zero-order valence-corrected chi connectivity index (χ0v) is 30.7. The Balaban J connectivity index is 1.25. The van der Waals surface area contributed by atoms with E-state index in [0.29, 0.717) is 71.3 Å². The molecule has 1 atom stereocenters. The van der Waals surface area contributed by atoms with Gasteiger partial charge in [0.15, 0.2) is 11.9 Å². The van der Waals surface area contributed by atoms with Crippen LogP contribution in [-0.4, -0.2) is 85.8 Å². The van der Waals surface area contributed by atoms with Crippen LogP contribution in [0.2, 0.25) is 0 Å². The third-order valence-corrected chi connectivity index (χ3v) is 9.04. The van der Waals surface area contributed by atoms with Crippen LogP contribution < -0.4 is 26.8 Å². The molecule has 1 saturated heterocycles. The summed E-state index contributed by atoms with van der Waals surface area (Å²) in [5.41, 5.74) is 15.6. The van der Waals surface area contributed by atoms with E-state index in [9.17, 15) is 19.5 Å². The molecule has 0 radical (unpaired) electrons. The molecule has 6 aromatic rings. The molecule has 19 nitrogen and oxygen atoms in total. The molecule has 0 saturated carbocycles. The summed E-state index contributed by atoms with van der Waals surface area (Å²) < 4.78 is 18.4. The first kappa shape index (κ1) is 36.7. The summed E-state index contributed by atoms with van der Waals surface area (Å²) in [7, 11) is 0. The number of pyridine rings is 1. The number of carbonyl (C=O) groups excluding carboxylic acids is 3. The van der Waals surface area contributed by atoms with Gasteiger partial charge in [-0.05, 0) is 58.0 Å². The molecule has 7 rings (SSSR count). The Morgan fingerprint density at radius 2 is 1.56 bits per heavy atom.